The number of benzene rings is 1. The number of thioether (sulfide) groups is 1. The summed E-state index contributed by atoms with van der Waals surface area (Å²) >= 11 is 1.23. The second-order valence-electron chi connectivity index (χ2n) is 7.44. The van der Waals surface area contributed by atoms with E-state index in [4.69, 9.17) is 18.9 Å². The van der Waals surface area contributed by atoms with Gasteiger partial charge in [0.05, 0.1) is 33.7 Å². The molecule has 180 valence electrons. The van der Waals surface area contributed by atoms with Crippen molar-refractivity contribution in [1.29, 1.82) is 0 Å². The molecule has 1 aromatic carbocycles. The Hall–Kier alpha value is -2.95. The Morgan fingerprint density at radius 2 is 1.73 bits per heavy atom. The fourth-order valence-electron chi connectivity index (χ4n) is 3.90. The molecule has 1 N–H and O–H groups in total. The second kappa shape index (κ2) is 11.8. The molecule has 0 aliphatic heterocycles. The largest absolute Gasteiger partial charge is 0.493 e. The van der Waals surface area contributed by atoms with Gasteiger partial charge in [0.15, 0.2) is 22.5 Å². The van der Waals surface area contributed by atoms with Gasteiger partial charge in [0.2, 0.25) is 11.7 Å². The van der Waals surface area contributed by atoms with Gasteiger partial charge in [0.1, 0.15) is 0 Å². The Bertz CT molecular complexity index is 949. The quantitative estimate of drug-likeness (QED) is 0.537. The highest BCUT2D eigenvalue weighted by molar-refractivity contribution is 7.99. The van der Waals surface area contributed by atoms with Crippen LogP contribution in [0.2, 0.25) is 0 Å². The van der Waals surface area contributed by atoms with Crippen LogP contribution in [0.1, 0.15) is 45.1 Å². The molecule has 11 heteroatoms. The van der Waals surface area contributed by atoms with E-state index >= 15 is 0 Å². The number of nitrogens with one attached hydrogen (secondary N) is 1. The molecule has 0 unspecified atom stereocenters. The van der Waals surface area contributed by atoms with Gasteiger partial charge < -0.3 is 18.9 Å². The summed E-state index contributed by atoms with van der Waals surface area (Å²) in [7, 11) is 4.69. The number of carbonyl (C=O) groups is 2. The van der Waals surface area contributed by atoms with Gasteiger partial charge in [-0.1, -0.05) is 31.0 Å². The number of ether oxygens (including phenoxy) is 4. The zero-order valence-corrected chi connectivity index (χ0v) is 20.2. The average Bonchev–Trinajstić information content (AvgIpc) is 3.26. The van der Waals surface area contributed by atoms with Crippen LogP contribution in [0.4, 0.5) is 4.79 Å². The molecule has 1 aromatic heterocycles. The standard InChI is InChI=1S/C22H30N4O6S/c1-5-32-22(28)23-18(27)13-33-21-25-24-20(26(21)15-9-7-6-8-10-15)14-11-16(29-2)19(31-4)17(12-14)30-3/h11-12,15H,5-10,13H2,1-4H3,(H,23,27,28). The van der Waals surface area contributed by atoms with Crippen LogP contribution in [0.3, 0.4) is 0 Å². The summed E-state index contributed by atoms with van der Waals surface area (Å²) in [5.74, 6) is 1.76. The van der Waals surface area contributed by atoms with Crippen molar-refractivity contribution in [2.75, 3.05) is 33.7 Å². The minimum absolute atomic E-state index is 0.0128. The Morgan fingerprint density at radius 1 is 1.06 bits per heavy atom. The van der Waals surface area contributed by atoms with Crippen LogP contribution in [0.5, 0.6) is 17.2 Å². The SMILES string of the molecule is CCOC(=O)NC(=O)CSc1nnc(-c2cc(OC)c(OC)c(OC)c2)n1C1CCCCC1. The Balaban J connectivity index is 1.94. The Kier molecular flexibility index (Phi) is 8.81. The summed E-state index contributed by atoms with van der Waals surface area (Å²) in [6, 6.07) is 3.89. The second-order valence-corrected chi connectivity index (χ2v) is 8.38. The van der Waals surface area contributed by atoms with Gasteiger partial charge in [-0.2, -0.15) is 0 Å². The third-order valence-electron chi connectivity index (χ3n) is 5.38. The normalized spacial score (nSPS) is 13.9. The summed E-state index contributed by atoms with van der Waals surface area (Å²) in [6.45, 7) is 1.87. The highest BCUT2D eigenvalue weighted by atomic mass is 32.2. The summed E-state index contributed by atoms with van der Waals surface area (Å²) < 4.78 is 23.3. The molecule has 0 atom stereocenters. The summed E-state index contributed by atoms with van der Waals surface area (Å²) in [5.41, 5.74) is 0.769. The van der Waals surface area contributed by atoms with Crippen LogP contribution in [-0.2, 0) is 9.53 Å². The number of hydrogen-bond acceptors (Lipinski definition) is 9. The van der Waals surface area contributed by atoms with Crippen molar-refractivity contribution in [3.8, 4) is 28.6 Å². The lowest BCUT2D eigenvalue weighted by molar-refractivity contribution is -0.117. The number of amides is 2. The molecular formula is C22H30N4O6S. The van der Waals surface area contributed by atoms with Crippen molar-refractivity contribution < 1.29 is 28.5 Å². The summed E-state index contributed by atoms with van der Waals surface area (Å²) in [5, 5.41) is 11.7. The maximum atomic E-state index is 12.2. The summed E-state index contributed by atoms with van der Waals surface area (Å²) in [6.07, 6.45) is 4.67. The van der Waals surface area contributed by atoms with Gasteiger partial charge in [-0.3, -0.25) is 14.7 Å². The molecule has 2 amide bonds. The van der Waals surface area contributed by atoms with E-state index in [1.807, 2.05) is 12.1 Å². The monoisotopic (exact) mass is 478 g/mol. The molecule has 10 nitrogen and oxygen atoms in total. The van der Waals surface area contributed by atoms with Crippen LogP contribution < -0.4 is 19.5 Å². The number of methoxy groups -OCH3 is 3. The smallest absolute Gasteiger partial charge is 0.413 e. The predicted octanol–water partition coefficient (Wildman–Crippen LogP) is 3.84. The molecule has 33 heavy (non-hydrogen) atoms. The number of nitrogens with zero attached hydrogens (tertiary/aromatic N) is 3. The molecule has 0 spiro atoms. The van der Waals surface area contributed by atoms with Crippen molar-refractivity contribution >= 4 is 23.8 Å². The lowest BCUT2D eigenvalue weighted by Gasteiger charge is -2.26. The average molecular weight is 479 g/mol. The van der Waals surface area contributed by atoms with Gasteiger partial charge >= 0.3 is 6.09 Å². The Labute approximate surface area is 197 Å². The third-order valence-corrected chi connectivity index (χ3v) is 6.32. The predicted molar refractivity (Wildman–Crippen MR) is 123 cm³/mol. The fourth-order valence-corrected chi connectivity index (χ4v) is 4.70. The fraction of sp³-hybridized carbons (Fsp3) is 0.545. The summed E-state index contributed by atoms with van der Waals surface area (Å²) in [4.78, 5) is 23.7. The molecule has 3 rings (SSSR count). The number of alkyl carbamates (subject to hydrolysis) is 1. The van der Waals surface area contributed by atoms with E-state index in [2.05, 4.69) is 20.1 Å². The molecule has 1 heterocycles. The minimum atomic E-state index is -0.755. The van der Waals surface area contributed by atoms with E-state index in [9.17, 15) is 9.59 Å². The van der Waals surface area contributed by atoms with Crippen molar-refractivity contribution in [1.82, 2.24) is 20.1 Å². The van der Waals surface area contributed by atoms with E-state index in [0.717, 1.165) is 31.2 Å². The van der Waals surface area contributed by atoms with Crippen LogP contribution in [0.25, 0.3) is 11.4 Å². The van der Waals surface area contributed by atoms with Gasteiger partial charge in [0, 0.05) is 11.6 Å². The van der Waals surface area contributed by atoms with Crippen LogP contribution >= 0.6 is 11.8 Å². The van der Waals surface area contributed by atoms with Crippen LogP contribution in [0, 0.1) is 0 Å². The van der Waals surface area contributed by atoms with E-state index in [1.54, 1.807) is 28.3 Å². The van der Waals surface area contributed by atoms with Crippen molar-refractivity contribution in [2.24, 2.45) is 0 Å². The van der Waals surface area contributed by atoms with Gasteiger partial charge in [0.25, 0.3) is 0 Å². The van der Waals surface area contributed by atoms with Crippen LogP contribution in [0.15, 0.2) is 17.3 Å². The van der Waals surface area contributed by atoms with E-state index in [0.29, 0.717) is 28.2 Å². The van der Waals surface area contributed by atoms with E-state index in [-0.39, 0.29) is 18.4 Å². The first-order valence-electron chi connectivity index (χ1n) is 10.9. The molecule has 0 saturated heterocycles. The molecular weight excluding hydrogens is 448 g/mol. The van der Waals surface area contributed by atoms with Gasteiger partial charge in [-0.05, 0) is 31.9 Å². The number of rotatable bonds is 9. The van der Waals surface area contributed by atoms with Gasteiger partial charge in [-0.15, -0.1) is 10.2 Å². The zero-order chi connectivity index (χ0) is 23.8. The maximum Gasteiger partial charge on any atom is 0.413 e. The minimum Gasteiger partial charge on any atom is -0.493 e. The number of imide groups is 1. The maximum absolute atomic E-state index is 12.2. The van der Waals surface area contributed by atoms with Crippen molar-refractivity contribution in [3.05, 3.63) is 12.1 Å². The Morgan fingerprint density at radius 3 is 2.30 bits per heavy atom. The highest BCUT2D eigenvalue weighted by Crippen LogP contribution is 2.42. The molecule has 0 bridgehead atoms. The first-order valence-corrected chi connectivity index (χ1v) is 11.9. The molecule has 1 aliphatic rings. The highest BCUT2D eigenvalue weighted by Gasteiger charge is 2.26. The lowest BCUT2D eigenvalue weighted by Crippen LogP contribution is -2.32. The molecule has 1 fully saturated rings. The molecule has 1 saturated carbocycles. The molecule has 0 radical (unpaired) electrons. The van der Waals surface area contributed by atoms with E-state index in [1.165, 1.54) is 18.2 Å². The molecule has 1 aliphatic carbocycles. The number of aromatic nitrogens is 3. The number of hydrogen-bond donors (Lipinski definition) is 1. The topological polar surface area (TPSA) is 114 Å². The van der Waals surface area contributed by atoms with Crippen LogP contribution in [-0.4, -0.2) is 60.5 Å². The number of carbonyl (C=O) groups excluding carboxylic acids is 2. The molecule has 2 aromatic rings. The van der Waals surface area contributed by atoms with Gasteiger partial charge in [-0.25, -0.2) is 4.79 Å². The first kappa shape index (κ1) is 24.7. The van der Waals surface area contributed by atoms with E-state index < -0.39 is 12.0 Å². The van der Waals surface area contributed by atoms with Crippen molar-refractivity contribution in [2.45, 2.75) is 50.2 Å². The zero-order valence-electron chi connectivity index (χ0n) is 19.4. The first-order chi connectivity index (χ1) is 16.0. The lowest BCUT2D eigenvalue weighted by atomic mass is 9.95. The van der Waals surface area contributed by atoms with Crippen molar-refractivity contribution in [3.63, 3.8) is 0 Å². The third kappa shape index (κ3) is 5.89.